The molecule has 1 amide bonds. The Morgan fingerprint density at radius 3 is 2.79 bits per heavy atom. The molecule has 0 unspecified atom stereocenters. The highest BCUT2D eigenvalue weighted by Crippen LogP contribution is 2.26. The van der Waals surface area contributed by atoms with E-state index in [2.05, 4.69) is 26.3 Å². The molecular formula is C13H11BrF2N4O4. The summed E-state index contributed by atoms with van der Waals surface area (Å²) in [5.41, 5.74) is -0.330. The van der Waals surface area contributed by atoms with Crippen LogP contribution in [0.15, 0.2) is 35.1 Å². The number of non-ortho nitro benzene ring substituents is 1. The summed E-state index contributed by atoms with van der Waals surface area (Å²) in [7, 11) is 0. The van der Waals surface area contributed by atoms with Crippen LogP contribution in [0.5, 0.6) is 5.75 Å². The number of nitrogens with zero attached hydrogens (tertiary/aromatic N) is 3. The summed E-state index contributed by atoms with van der Waals surface area (Å²) in [6.07, 6.45) is 0.349. The van der Waals surface area contributed by atoms with Gasteiger partial charge in [0.25, 0.3) is 12.1 Å². The summed E-state index contributed by atoms with van der Waals surface area (Å²) in [5.74, 6) is -0.632. The first kappa shape index (κ1) is 17.8. The third-order valence-corrected chi connectivity index (χ3v) is 3.08. The van der Waals surface area contributed by atoms with Gasteiger partial charge in [-0.05, 0) is 15.9 Å². The number of aromatic nitrogens is 2. The van der Waals surface area contributed by atoms with Crippen LogP contribution in [0.4, 0.5) is 20.2 Å². The number of amides is 1. The van der Waals surface area contributed by atoms with Gasteiger partial charge in [0.15, 0.2) is 0 Å². The lowest BCUT2D eigenvalue weighted by Gasteiger charge is -2.09. The second kappa shape index (κ2) is 7.81. The maximum Gasteiger partial charge on any atom is 0.275 e. The summed E-state index contributed by atoms with van der Waals surface area (Å²) >= 11 is 3.18. The zero-order valence-corrected chi connectivity index (χ0v) is 13.6. The van der Waals surface area contributed by atoms with Crippen molar-refractivity contribution < 1.29 is 23.2 Å². The SMILES string of the molecule is O=C(Cn1cc(Br)cn1)Nc1cc(OCC(F)F)cc([N+](=O)[O-])c1. The first-order chi connectivity index (χ1) is 11.3. The molecule has 8 nitrogen and oxygen atoms in total. The van der Waals surface area contributed by atoms with Crippen molar-refractivity contribution in [3.63, 3.8) is 0 Å². The van der Waals surface area contributed by atoms with E-state index in [0.29, 0.717) is 4.47 Å². The molecule has 0 saturated carbocycles. The van der Waals surface area contributed by atoms with Gasteiger partial charge < -0.3 is 10.1 Å². The minimum atomic E-state index is -2.72. The quantitative estimate of drug-likeness (QED) is 0.564. The van der Waals surface area contributed by atoms with Crippen molar-refractivity contribution in [2.75, 3.05) is 11.9 Å². The highest BCUT2D eigenvalue weighted by Gasteiger charge is 2.14. The summed E-state index contributed by atoms with van der Waals surface area (Å²) in [5, 5.41) is 17.2. The first-order valence-electron chi connectivity index (χ1n) is 6.51. The number of hydrogen-bond donors (Lipinski definition) is 1. The second-order valence-electron chi connectivity index (χ2n) is 4.58. The van der Waals surface area contributed by atoms with Crippen LogP contribution in [0, 0.1) is 10.1 Å². The van der Waals surface area contributed by atoms with E-state index in [1.165, 1.54) is 16.9 Å². The van der Waals surface area contributed by atoms with Gasteiger partial charge in [-0.3, -0.25) is 19.6 Å². The van der Waals surface area contributed by atoms with E-state index in [4.69, 9.17) is 4.74 Å². The molecule has 128 valence electrons. The van der Waals surface area contributed by atoms with E-state index in [9.17, 15) is 23.7 Å². The summed E-state index contributed by atoms with van der Waals surface area (Å²) < 4.78 is 31.2. The Balaban J connectivity index is 2.12. The molecule has 2 rings (SSSR count). The number of rotatable bonds is 7. The summed E-state index contributed by atoms with van der Waals surface area (Å²) in [4.78, 5) is 22.1. The molecule has 0 aliphatic heterocycles. The lowest BCUT2D eigenvalue weighted by atomic mass is 10.2. The van der Waals surface area contributed by atoms with Crippen LogP contribution in [-0.4, -0.2) is 33.6 Å². The number of ether oxygens (including phenoxy) is 1. The average molecular weight is 405 g/mol. The van der Waals surface area contributed by atoms with Gasteiger partial charge in [0.05, 0.1) is 27.3 Å². The molecule has 0 radical (unpaired) electrons. The molecule has 1 aromatic heterocycles. The van der Waals surface area contributed by atoms with Crippen LogP contribution >= 0.6 is 15.9 Å². The zero-order valence-electron chi connectivity index (χ0n) is 12.0. The molecule has 0 bridgehead atoms. The largest absolute Gasteiger partial charge is 0.487 e. The number of halogens is 3. The number of nitrogens with one attached hydrogen (secondary N) is 1. The lowest BCUT2D eigenvalue weighted by molar-refractivity contribution is -0.384. The molecule has 1 N–H and O–H groups in total. The van der Waals surface area contributed by atoms with Gasteiger partial charge in [0, 0.05) is 18.3 Å². The number of nitro benzene ring substituents is 1. The predicted molar refractivity (Wildman–Crippen MR) is 83.2 cm³/mol. The van der Waals surface area contributed by atoms with Gasteiger partial charge in [-0.15, -0.1) is 0 Å². The summed E-state index contributed by atoms with van der Waals surface area (Å²) in [6.45, 7) is -1.03. The molecule has 24 heavy (non-hydrogen) atoms. The second-order valence-corrected chi connectivity index (χ2v) is 5.49. The molecule has 0 atom stereocenters. The third kappa shape index (κ3) is 5.26. The first-order valence-corrected chi connectivity index (χ1v) is 7.31. The van der Waals surface area contributed by atoms with E-state index >= 15 is 0 Å². The van der Waals surface area contributed by atoms with Crippen molar-refractivity contribution >= 4 is 33.2 Å². The van der Waals surface area contributed by atoms with E-state index in [-0.39, 0.29) is 23.7 Å². The Hall–Kier alpha value is -2.56. The molecule has 0 aliphatic carbocycles. The highest BCUT2D eigenvalue weighted by molar-refractivity contribution is 9.10. The predicted octanol–water partition coefficient (Wildman–Crippen LogP) is 2.84. The zero-order chi connectivity index (χ0) is 17.7. The number of anilines is 1. The number of hydrogen-bond acceptors (Lipinski definition) is 5. The third-order valence-electron chi connectivity index (χ3n) is 2.67. The number of benzene rings is 1. The standard InChI is InChI=1S/C13H11BrF2N4O4/c14-8-4-17-19(5-8)6-13(21)18-9-1-10(20(22)23)3-11(2-9)24-7-12(15)16/h1-5,12H,6-7H2,(H,18,21). The Morgan fingerprint density at radius 2 is 2.21 bits per heavy atom. The minimum absolute atomic E-state index is 0.0599. The topological polar surface area (TPSA) is 99.3 Å². The molecular weight excluding hydrogens is 394 g/mol. The van der Waals surface area contributed by atoms with Crippen LogP contribution in [0.1, 0.15) is 0 Å². The van der Waals surface area contributed by atoms with Crippen LogP contribution < -0.4 is 10.1 Å². The van der Waals surface area contributed by atoms with Gasteiger partial charge in [0.1, 0.15) is 18.9 Å². The van der Waals surface area contributed by atoms with Crippen molar-refractivity contribution in [2.45, 2.75) is 13.0 Å². The molecule has 0 saturated heterocycles. The summed E-state index contributed by atoms with van der Waals surface area (Å²) in [6, 6.07) is 3.33. The highest BCUT2D eigenvalue weighted by atomic mass is 79.9. The average Bonchev–Trinajstić information content (AvgIpc) is 2.89. The number of alkyl halides is 2. The molecule has 0 aliphatic rings. The molecule has 1 aromatic carbocycles. The van der Waals surface area contributed by atoms with Gasteiger partial charge in [-0.1, -0.05) is 0 Å². The number of nitro groups is 1. The normalized spacial score (nSPS) is 10.7. The molecule has 1 heterocycles. The van der Waals surface area contributed by atoms with Crippen molar-refractivity contribution in [1.29, 1.82) is 0 Å². The smallest absolute Gasteiger partial charge is 0.275 e. The molecule has 0 fully saturated rings. The van der Waals surface area contributed by atoms with Gasteiger partial charge >= 0.3 is 0 Å². The van der Waals surface area contributed by atoms with Gasteiger partial charge in [-0.2, -0.15) is 5.10 Å². The fraction of sp³-hybridized carbons (Fsp3) is 0.231. The fourth-order valence-electron chi connectivity index (χ4n) is 1.78. The van der Waals surface area contributed by atoms with Crippen molar-refractivity contribution in [2.24, 2.45) is 0 Å². The van der Waals surface area contributed by atoms with E-state index in [1.807, 2.05) is 0 Å². The number of carbonyl (C=O) groups excluding carboxylic acids is 1. The van der Waals surface area contributed by atoms with Crippen molar-refractivity contribution in [3.8, 4) is 5.75 Å². The maximum absolute atomic E-state index is 12.2. The van der Waals surface area contributed by atoms with E-state index in [0.717, 1.165) is 12.1 Å². The van der Waals surface area contributed by atoms with Gasteiger partial charge in [-0.25, -0.2) is 8.78 Å². The van der Waals surface area contributed by atoms with Crippen LogP contribution in [0.25, 0.3) is 0 Å². The molecule has 2 aromatic rings. The molecule has 11 heteroatoms. The van der Waals surface area contributed by atoms with Crippen LogP contribution in [0.2, 0.25) is 0 Å². The maximum atomic E-state index is 12.2. The van der Waals surface area contributed by atoms with E-state index < -0.39 is 23.9 Å². The van der Waals surface area contributed by atoms with Crippen molar-refractivity contribution in [1.82, 2.24) is 9.78 Å². The number of carbonyl (C=O) groups is 1. The van der Waals surface area contributed by atoms with Gasteiger partial charge in [0.2, 0.25) is 5.91 Å². The van der Waals surface area contributed by atoms with Crippen molar-refractivity contribution in [3.05, 3.63) is 45.2 Å². The fourth-order valence-corrected chi connectivity index (χ4v) is 2.10. The Bertz CT molecular complexity index is 753. The van der Waals surface area contributed by atoms with Crippen LogP contribution in [0.3, 0.4) is 0 Å². The Labute approximate surface area is 142 Å². The molecule has 0 spiro atoms. The minimum Gasteiger partial charge on any atom is -0.487 e. The monoisotopic (exact) mass is 404 g/mol. The van der Waals surface area contributed by atoms with Crippen LogP contribution in [-0.2, 0) is 11.3 Å². The Morgan fingerprint density at radius 1 is 1.46 bits per heavy atom. The van der Waals surface area contributed by atoms with E-state index in [1.54, 1.807) is 6.20 Å². The Kier molecular flexibility index (Phi) is 5.79. The lowest BCUT2D eigenvalue weighted by Crippen LogP contribution is -2.19.